The molecule has 0 saturated carbocycles. The molecule has 0 unspecified atom stereocenters. The zero-order valence-electron chi connectivity index (χ0n) is 12.5. The highest BCUT2D eigenvalue weighted by atomic mass is 32.2. The summed E-state index contributed by atoms with van der Waals surface area (Å²) in [5.41, 5.74) is 0.245. The predicted octanol–water partition coefficient (Wildman–Crippen LogP) is 1.26. The van der Waals surface area contributed by atoms with E-state index in [1.165, 1.54) is 12.1 Å². The van der Waals surface area contributed by atoms with E-state index in [1.807, 2.05) is 0 Å². The van der Waals surface area contributed by atoms with Crippen LogP contribution >= 0.6 is 0 Å². The van der Waals surface area contributed by atoms with Crippen molar-refractivity contribution in [3.63, 3.8) is 0 Å². The lowest BCUT2D eigenvalue weighted by Crippen LogP contribution is -2.27. The normalized spacial score (nSPS) is 11.4. The molecule has 0 aliphatic heterocycles. The molecule has 0 aliphatic rings. The highest BCUT2D eigenvalue weighted by Gasteiger charge is 2.20. The van der Waals surface area contributed by atoms with Gasteiger partial charge in [0.2, 0.25) is 10.0 Å². The Morgan fingerprint density at radius 3 is 2.55 bits per heavy atom. The van der Waals surface area contributed by atoms with Crippen molar-refractivity contribution in [2.75, 3.05) is 25.0 Å². The van der Waals surface area contributed by atoms with Crippen LogP contribution in [0.2, 0.25) is 0 Å². The second-order valence-electron chi connectivity index (χ2n) is 4.77. The molecule has 4 N–H and O–H groups in total. The maximum Gasteiger partial charge on any atom is 0.335 e. The minimum Gasteiger partial charge on any atom is -0.478 e. The van der Waals surface area contributed by atoms with Crippen molar-refractivity contribution in [1.82, 2.24) is 4.72 Å². The van der Waals surface area contributed by atoms with Gasteiger partial charge in [-0.2, -0.15) is 0 Å². The summed E-state index contributed by atoms with van der Waals surface area (Å²) in [5, 5.41) is 20.8. The fourth-order valence-electron chi connectivity index (χ4n) is 1.88. The molecule has 0 spiro atoms. The summed E-state index contributed by atoms with van der Waals surface area (Å²) >= 11 is 0. The van der Waals surface area contributed by atoms with Crippen LogP contribution in [0.15, 0.2) is 23.1 Å². The number of carbonyl (C=O) groups is 1. The SMILES string of the molecule is CCCCCNc1ccc(C(=O)O)cc1S(=O)(=O)NCCO. The Balaban J connectivity index is 3.07. The molecule has 0 aliphatic carbocycles. The van der Waals surface area contributed by atoms with E-state index < -0.39 is 16.0 Å². The molecule has 1 aromatic rings. The van der Waals surface area contributed by atoms with E-state index in [0.29, 0.717) is 12.2 Å². The average molecular weight is 330 g/mol. The molecule has 1 aromatic carbocycles. The van der Waals surface area contributed by atoms with Gasteiger partial charge in [-0.3, -0.25) is 0 Å². The van der Waals surface area contributed by atoms with Crippen LogP contribution in [0, 0.1) is 0 Å². The maximum absolute atomic E-state index is 12.2. The van der Waals surface area contributed by atoms with E-state index in [4.69, 9.17) is 10.2 Å². The largest absolute Gasteiger partial charge is 0.478 e. The van der Waals surface area contributed by atoms with Gasteiger partial charge in [0.25, 0.3) is 0 Å². The van der Waals surface area contributed by atoms with Gasteiger partial charge in [0.1, 0.15) is 4.90 Å². The van der Waals surface area contributed by atoms with Crippen molar-refractivity contribution >= 4 is 21.7 Å². The predicted molar refractivity (Wildman–Crippen MR) is 83.7 cm³/mol. The number of carboxylic acids is 1. The zero-order valence-corrected chi connectivity index (χ0v) is 13.3. The van der Waals surface area contributed by atoms with Crippen molar-refractivity contribution in [3.8, 4) is 0 Å². The van der Waals surface area contributed by atoms with Gasteiger partial charge in [-0.1, -0.05) is 19.8 Å². The smallest absolute Gasteiger partial charge is 0.335 e. The molecular weight excluding hydrogens is 308 g/mol. The minimum atomic E-state index is -3.89. The lowest BCUT2D eigenvalue weighted by atomic mass is 10.2. The number of hydrogen-bond donors (Lipinski definition) is 4. The quantitative estimate of drug-likeness (QED) is 0.480. The minimum absolute atomic E-state index is 0.108. The number of hydrogen-bond acceptors (Lipinski definition) is 5. The van der Waals surface area contributed by atoms with E-state index in [-0.39, 0.29) is 23.6 Å². The van der Waals surface area contributed by atoms with Crippen LogP contribution in [0.1, 0.15) is 36.5 Å². The summed E-state index contributed by atoms with van der Waals surface area (Å²) in [4.78, 5) is 10.9. The summed E-state index contributed by atoms with van der Waals surface area (Å²) in [7, 11) is -3.89. The van der Waals surface area contributed by atoms with Gasteiger partial charge in [-0.25, -0.2) is 17.9 Å². The molecule has 0 saturated heterocycles. The highest BCUT2D eigenvalue weighted by Crippen LogP contribution is 2.23. The van der Waals surface area contributed by atoms with Crippen LogP contribution in [-0.4, -0.2) is 44.3 Å². The third-order valence-corrected chi connectivity index (χ3v) is 4.52. The summed E-state index contributed by atoms with van der Waals surface area (Å²) in [6, 6.07) is 3.92. The van der Waals surface area contributed by atoms with Crippen LogP contribution in [0.4, 0.5) is 5.69 Å². The Labute approximate surface area is 130 Å². The Kier molecular flexibility index (Phi) is 7.30. The summed E-state index contributed by atoms with van der Waals surface area (Å²) in [6.07, 6.45) is 2.95. The lowest BCUT2D eigenvalue weighted by molar-refractivity contribution is 0.0696. The molecule has 8 heteroatoms. The van der Waals surface area contributed by atoms with Crippen LogP contribution in [0.5, 0.6) is 0 Å². The molecular formula is C14H22N2O5S. The van der Waals surface area contributed by atoms with Crippen molar-refractivity contribution in [2.24, 2.45) is 0 Å². The monoisotopic (exact) mass is 330 g/mol. The molecule has 0 aromatic heterocycles. The molecule has 0 heterocycles. The molecule has 7 nitrogen and oxygen atoms in total. The number of aliphatic hydroxyl groups excluding tert-OH is 1. The van der Waals surface area contributed by atoms with E-state index in [2.05, 4.69) is 17.0 Å². The molecule has 0 bridgehead atoms. The lowest BCUT2D eigenvalue weighted by Gasteiger charge is -2.14. The molecule has 124 valence electrons. The average Bonchev–Trinajstić information content (AvgIpc) is 2.49. The first-order valence-corrected chi connectivity index (χ1v) is 8.62. The molecule has 0 radical (unpaired) electrons. The van der Waals surface area contributed by atoms with Crippen LogP contribution in [-0.2, 0) is 10.0 Å². The standard InChI is InChI=1S/C14H22N2O5S/c1-2-3-4-7-15-12-6-5-11(14(18)19)10-13(12)22(20,21)16-8-9-17/h5-6,10,15-17H,2-4,7-9H2,1H3,(H,18,19). The number of nitrogens with one attached hydrogen (secondary N) is 2. The number of aromatic carboxylic acids is 1. The Hall–Kier alpha value is -1.64. The third kappa shape index (κ3) is 5.28. The number of carboxylic acid groups (broad SMARTS) is 1. The van der Waals surface area contributed by atoms with Gasteiger partial charge in [0.15, 0.2) is 0 Å². The van der Waals surface area contributed by atoms with Crippen molar-refractivity contribution in [1.29, 1.82) is 0 Å². The van der Waals surface area contributed by atoms with Gasteiger partial charge in [0.05, 0.1) is 17.9 Å². The summed E-state index contributed by atoms with van der Waals surface area (Å²) in [5.74, 6) is -1.20. The molecule has 1 rings (SSSR count). The van der Waals surface area contributed by atoms with Gasteiger partial charge in [-0.15, -0.1) is 0 Å². The highest BCUT2D eigenvalue weighted by molar-refractivity contribution is 7.89. The molecule has 0 amide bonds. The fraction of sp³-hybridized carbons (Fsp3) is 0.500. The van der Waals surface area contributed by atoms with Gasteiger partial charge < -0.3 is 15.5 Å². The maximum atomic E-state index is 12.2. The Bertz CT molecular complexity index is 601. The van der Waals surface area contributed by atoms with Gasteiger partial charge in [-0.05, 0) is 24.6 Å². The first-order valence-electron chi connectivity index (χ1n) is 7.14. The number of rotatable bonds is 10. The Morgan fingerprint density at radius 2 is 1.95 bits per heavy atom. The van der Waals surface area contributed by atoms with Gasteiger partial charge in [0, 0.05) is 13.1 Å². The number of sulfonamides is 1. The van der Waals surface area contributed by atoms with Crippen molar-refractivity contribution in [3.05, 3.63) is 23.8 Å². The zero-order chi connectivity index (χ0) is 16.6. The Morgan fingerprint density at radius 1 is 1.23 bits per heavy atom. The van der Waals surface area contributed by atoms with Crippen molar-refractivity contribution in [2.45, 2.75) is 31.1 Å². The number of benzene rings is 1. The summed E-state index contributed by atoms with van der Waals surface area (Å²) in [6.45, 7) is 2.20. The topological polar surface area (TPSA) is 116 Å². The van der Waals surface area contributed by atoms with E-state index in [1.54, 1.807) is 0 Å². The van der Waals surface area contributed by atoms with E-state index >= 15 is 0 Å². The van der Waals surface area contributed by atoms with Gasteiger partial charge >= 0.3 is 5.97 Å². The third-order valence-electron chi connectivity index (χ3n) is 3.02. The number of aliphatic hydroxyl groups is 1. The number of unbranched alkanes of at least 4 members (excludes halogenated alkanes) is 2. The van der Waals surface area contributed by atoms with Crippen molar-refractivity contribution < 1.29 is 23.4 Å². The van der Waals surface area contributed by atoms with Crippen LogP contribution in [0.3, 0.4) is 0 Å². The van der Waals surface area contributed by atoms with Crippen LogP contribution in [0.25, 0.3) is 0 Å². The van der Waals surface area contributed by atoms with E-state index in [9.17, 15) is 13.2 Å². The number of anilines is 1. The van der Waals surface area contributed by atoms with E-state index in [0.717, 1.165) is 25.3 Å². The molecule has 22 heavy (non-hydrogen) atoms. The first-order chi connectivity index (χ1) is 10.4. The summed E-state index contributed by atoms with van der Waals surface area (Å²) < 4.78 is 26.7. The fourth-order valence-corrected chi connectivity index (χ4v) is 3.11. The molecule has 0 atom stereocenters. The first kappa shape index (κ1) is 18.4. The molecule has 0 fully saturated rings. The second-order valence-corrected chi connectivity index (χ2v) is 6.51. The second kappa shape index (κ2) is 8.72. The van der Waals surface area contributed by atoms with Crippen LogP contribution < -0.4 is 10.0 Å².